The molecule has 0 bridgehead atoms. The molecular weight excluding hydrogens is 767 g/mol. The van der Waals surface area contributed by atoms with Gasteiger partial charge in [0.05, 0.1) is 22.2 Å². The fourth-order valence-corrected chi connectivity index (χ4v) is 8.96. The Morgan fingerprint density at radius 3 is 1.37 bits per heavy atom. The molecule has 0 amide bonds. The van der Waals surface area contributed by atoms with Gasteiger partial charge in [0, 0.05) is 44.1 Å². The van der Waals surface area contributed by atoms with E-state index in [1.54, 1.807) is 0 Å². The van der Waals surface area contributed by atoms with Crippen molar-refractivity contribution in [2.45, 2.75) is 0 Å². The highest BCUT2D eigenvalue weighted by atomic mass is 15.0. The Hall–Kier alpha value is -8.54. The third-order valence-corrected chi connectivity index (χ3v) is 12.1. The van der Waals surface area contributed by atoms with Crippen molar-refractivity contribution in [3.8, 4) is 73.4 Å². The van der Waals surface area contributed by atoms with Crippen molar-refractivity contribution in [2.24, 2.45) is 0 Å². The Balaban J connectivity index is 0.931. The summed E-state index contributed by atoms with van der Waals surface area (Å²) in [5, 5.41) is 5.95. The SMILES string of the molecule is c1ccc(-c2cc(-c3ccccc3)c3c(ccc4ccc(-c5ccc(-c6nc(-c7ccccc7)nc(-c7ccc(-n8c9ccccc9c9ccccc98)cc7)n6)cc5)cc43)n2)cc1. The summed E-state index contributed by atoms with van der Waals surface area (Å²) in [6.45, 7) is 0. The van der Waals surface area contributed by atoms with Crippen LogP contribution in [-0.2, 0) is 0 Å². The largest absolute Gasteiger partial charge is 0.309 e. The lowest BCUT2D eigenvalue weighted by Crippen LogP contribution is -2.00. The fraction of sp³-hybridized carbons (Fsp3) is 0. The molecule has 5 nitrogen and oxygen atoms in total. The van der Waals surface area contributed by atoms with Gasteiger partial charge in [0.1, 0.15) is 0 Å². The lowest BCUT2D eigenvalue weighted by molar-refractivity contribution is 1.07. The van der Waals surface area contributed by atoms with Crippen molar-refractivity contribution in [1.82, 2.24) is 24.5 Å². The maximum absolute atomic E-state index is 5.20. The Labute approximate surface area is 364 Å². The van der Waals surface area contributed by atoms with Crippen LogP contribution in [0.3, 0.4) is 0 Å². The van der Waals surface area contributed by atoms with E-state index in [2.05, 4.69) is 193 Å². The summed E-state index contributed by atoms with van der Waals surface area (Å²) < 4.78 is 2.32. The minimum absolute atomic E-state index is 0.620. The molecule has 0 aliphatic heterocycles. The van der Waals surface area contributed by atoms with Crippen LogP contribution in [0.2, 0.25) is 0 Å². The van der Waals surface area contributed by atoms with Gasteiger partial charge in [-0.1, -0.05) is 170 Å². The standard InChI is InChI=1S/C58H37N5/c1-4-14-39(15-5-1)50-37-52(41-16-6-2-7-17-41)59-51-35-32-40-26-29-45(36-49(40)55(50)51)38-24-27-43(28-25-38)57-60-56(42-18-8-3-9-19-42)61-58(62-57)44-30-33-46(34-31-44)63-53-22-12-10-20-47(53)48-21-11-13-23-54(48)63/h1-37H. The fourth-order valence-electron chi connectivity index (χ4n) is 8.96. The van der Waals surface area contributed by atoms with Gasteiger partial charge < -0.3 is 4.57 Å². The number of para-hydroxylation sites is 2. The van der Waals surface area contributed by atoms with Crippen molar-refractivity contribution < 1.29 is 0 Å². The molecule has 12 aromatic rings. The summed E-state index contributed by atoms with van der Waals surface area (Å²) in [7, 11) is 0. The highest BCUT2D eigenvalue weighted by Crippen LogP contribution is 2.39. The number of aromatic nitrogens is 5. The first-order chi connectivity index (χ1) is 31.2. The first-order valence-corrected chi connectivity index (χ1v) is 21.2. The molecule has 9 aromatic carbocycles. The molecule has 294 valence electrons. The zero-order chi connectivity index (χ0) is 41.7. The zero-order valence-electron chi connectivity index (χ0n) is 34.1. The average molecular weight is 804 g/mol. The second-order valence-corrected chi connectivity index (χ2v) is 15.8. The van der Waals surface area contributed by atoms with E-state index in [-0.39, 0.29) is 0 Å². The third kappa shape index (κ3) is 6.51. The molecule has 63 heavy (non-hydrogen) atoms. The van der Waals surface area contributed by atoms with Crippen molar-refractivity contribution in [2.75, 3.05) is 0 Å². The van der Waals surface area contributed by atoms with Gasteiger partial charge in [-0.25, -0.2) is 19.9 Å². The molecule has 0 saturated heterocycles. The van der Waals surface area contributed by atoms with Crippen LogP contribution in [0.15, 0.2) is 224 Å². The average Bonchev–Trinajstić information content (AvgIpc) is 3.71. The Morgan fingerprint density at radius 2 is 0.762 bits per heavy atom. The van der Waals surface area contributed by atoms with Crippen LogP contribution in [0.1, 0.15) is 0 Å². The zero-order valence-corrected chi connectivity index (χ0v) is 34.1. The van der Waals surface area contributed by atoms with Crippen LogP contribution in [-0.4, -0.2) is 24.5 Å². The molecule has 0 N–H and O–H groups in total. The second kappa shape index (κ2) is 15.2. The number of fused-ring (bicyclic) bond motifs is 6. The first-order valence-electron chi connectivity index (χ1n) is 21.2. The van der Waals surface area contributed by atoms with Gasteiger partial charge in [0.25, 0.3) is 0 Å². The first kappa shape index (κ1) is 36.3. The Kier molecular flexibility index (Phi) is 8.75. The van der Waals surface area contributed by atoms with E-state index in [0.29, 0.717) is 17.5 Å². The highest BCUT2D eigenvalue weighted by molar-refractivity contribution is 6.15. The van der Waals surface area contributed by atoms with E-state index in [4.69, 9.17) is 19.9 Å². The van der Waals surface area contributed by atoms with Crippen LogP contribution in [0, 0.1) is 0 Å². The monoisotopic (exact) mass is 803 g/mol. The summed E-state index contributed by atoms with van der Waals surface area (Å²) in [5.74, 6) is 1.87. The number of hydrogen-bond donors (Lipinski definition) is 0. The summed E-state index contributed by atoms with van der Waals surface area (Å²) >= 11 is 0. The normalized spacial score (nSPS) is 11.5. The molecule has 0 aliphatic carbocycles. The Morgan fingerprint density at radius 1 is 0.302 bits per heavy atom. The van der Waals surface area contributed by atoms with Crippen molar-refractivity contribution in [3.05, 3.63) is 224 Å². The quantitative estimate of drug-likeness (QED) is 0.151. The van der Waals surface area contributed by atoms with Crippen LogP contribution in [0.25, 0.3) is 117 Å². The molecule has 0 fully saturated rings. The third-order valence-electron chi connectivity index (χ3n) is 12.1. The molecule has 3 aromatic heterocycles. The van der Waals surface area contributed by atoms with Gasteiger partial charge in [-0.15, -0.1) is 0 Å². The number of pyridine rings is 1. The van der Waals surface area contributed by atoms with E-state index in [1.165, 1.54) is 38.1 Å². The molecule has 5 heteroatoms. The van der Waals surface area contributed by atoms with Crippen molar-refractivity contribution in [1.29, 1.82) is 0 Å². The molecule has 0 unspecified atom stereocenters. The van der Waals surface area contributed by atoms with Gasteiger partial charge in [-0.2, -0.15) is 0 Å². The van der Waals surface area contributed by atoms with Gasteiger partial charge in [0.15, 0.2) is 17.5 Å². The topological polar surface area (TPSA) is 56.5 Å². The second-order valence-electron chi connectivity index (χ2n) is 15.8. The predicted octanol–water partition coefficient (Wildman–Crippen LogP) is 14.7. The lowest BCUT2D eigenvalue weighted by atomic mass is 9.92. The van der Waals surface area contributed by atoms with Crippen LogP contribution < -0.4 is 0 Å². The smallest absolute Gasteiger partial charge is 0.164 e. The minimum atomic E-state index is 0.620. The highest BCUT2D eigenvalue weighted by Gasteiger charge is 2.17. The van der Waals surface area contributed by atoms with E-state index in [1.807, 2.05) is 36.4 Å². The van der Waals surface area contributed by atoms with Gasteiger partial charge in [0.2, 0.25) is 0 Å². The molecule has 12 rings (SSSR count). The molecule has 0 saturated carbocycles. The van der Waals surface area contributed by atoms with Crippen LogP contribution >= 0.6 is 0 Å². The molecule has 0 aliphatic rings. The van der Waals surface area contributed by atoms with E-state index >= 15 is 0 Å². The van der Waals surface area contributed by atoms with Crippen molar-refractivity contribution in [3.63, 3.8) is 0 Å². The molecule has 3 heterocycles. The van der Waals surface area contributed by atoms with Gasteiger partial charge in [-0.3, -0.25) is 0 Å². The molecule has 0 atom stereocenters. The summed E-state index contributed by atoms with van der Waals surface area (Å²) in [6, 6.07) is 78.7. The van der Waals surface area contributed by atoms with Crippen LogP contribution in [0.5, 0.6) is 0 Å². The number of hydrogen-bond acceptors (Lipinski definition) is 4. The maximum Gasteiger partial charge on any atom is 0.164 e. The molecule has 0 radical (unpaired) electrons. The van der Waals surface area contributed by atoms with E-state index < -0.39 is 0 Å². The Bertz CT molecular complexity index is 3580. The molecular formula is C58H37N5. The summed E-state index contributed by atoms with van der Waals surface area (Å²) in [6.07, 6.45) is 0. The van der Waals surface area contributed by atoms with Crippen LogP contribution in [0.4, 0.5) is 0 Å². The maximum atomic E-state index is 5.20. The van der Waals surface area contributed by atoms with E-state index in [9.17, 15) is 0 Å². The van der Waals surface area contributed by atoms with Gasteiger partial charge in [-0.05, 0) is 87.6 Å². The summed E-state index contributed by atoms with van der Waals surface area (Å²) in [4.78, 5) is 20.4. The van der Waals surface area contributed by atoms with Crippen molar-refractivity contribution >= 4 is 43.5 Å². The number of benzene rings is 9. The summed E-state index contributed by atoms with van der Waals surface area (Å²) in [5.41, 5.74) is 13.8. The number of rotatable bonds is 7. The molecule has 0 spiro atoms. The van der Waals surface area contributed by atoms with E-state index in [0.717, 1.165) is 61.2 Å². The minimum Gasteiger partial charge on any atom is -0.309 e. The predicted molar refractivity (Wildman–Crippen MR) is 260 cm³/mol. The lowest BCUT2D eigenvalue weighted by Gasteiger charge is -2.14. The van der Waals surface area contributed by atoms with Gasteiger partial charge >= 0.3 is 0 Å². The number of nitrogens with zero attached hydrogens (tertiary/aromatic N) is 5.